The van der Waals surface area contributed by atoms with Crippen molar-refractivity contribution in [3.63, 3.8) is 0 Å². The molecule has 0 radical (unpaired) electrons. The van der Waals surface area contributed by atoms with Gasteiger partial charge in [0.1, 0.15) is 5.75 Å². The highest BCUT2D eigenvalue weighted by molar-refractivity contribution is 6.30. The Balaban J connectivity index is 1.69. The molecule has 1 aromatic carbocycles. The first-order chi connectivity index (χ1) is 9.78. The molecule has 1 heterocycles. The third-order valence-electron chi connectivity index (χ3n) is 4.81. The molecule has 0 amide bonds. The smallest absolute Gasteiger partial charge is 0.127 e. The quantitative estimate of drug-likeness (QED) is 0.892. The topological polar surface area (TPSA) is 21.3 Å². The lowest BCUT2D eigenvalue weighted by Crippen LogP contribution is -2.37. The van der Waals surface area contributed by atoms with Gasteiger partial charge in [0, 0.05) is 29.6 Å². The molecule has 0 aromatic heterocycles. The maximum atomic E-state index is 6.22. The summed E-state index contributed by atoms with van der Waals surface area (Å²) in [5.41, 5.74) is 2.50. The van der Waals surface area contributed by atoms with Crippen molar-refractivity contribution in [1.29, 1.82) is 0 Å². The van der Waals surface area contributed by atoms with E-state index in [0.717, 1.165) is 36.3 Å². The second-order valence-corrected chi connectivity index (χ2v) is 6.53. The van der Waals surface area contributed by atoms with Crippen LogP contribution in [0, 0.1) is 5.92 Å². The van der Waals surface area contributed by atoms with Gasteiger partial charge in [-0.2, -0.15) is 0 Å². The number of fused-ring (bicyclic) bond motifs is 1. The number of ether oxygens (including phenoxy) is 1. The molecule has 110 valence electrons. The lowest BCUT2D eigenvalue weighted by molar-refractivity contribution is 0.253. The van der Waals surface area contributed by atoms with Crippen molar-refractivity contribution >= 4 is 11.6 Å². The van der Waals surface area contributed by atoms with Crippen LogP contribution in [0.1, 0.15) is 50.2 Å². The van der Waals surface area contributed by atoms with Crippen LogP contribution < -0.4 is 10.1 Å². The maximum absolute atomic E-state index is 6.22. The molecule has 1 aliphatic carbocycles. The predicted octanol–water partition coefficient (Wildman–Crippen LogP) is 4.33. The van der Waals surface area contributed by atoms with E-state index in [4.69, 9.17) is 16.3 Å². The van der Waals surface area contributed by atoms with E-state index in [9.17, 15) is 0 Å². The van der Waals surface area contributed by atoms with E-state index < -0.39 is 0 Å². The average Bonchev–Trinajstić information content (AvgIpc) is 2.93. The van der Waals surface area contributed by atoms with E-state index in [1.165, 1.54) is 43.2 Å². The molecule has 0 spiro atoms. The monoisotopic (exact) mass is 293 g/mol. The summed E-state index contributed by atoms with van der Waals surface area (Å²) in [6.45, 7) is 3.98. The summed E-state index contributed by atoms with van der Waals surface area (Å²) in [6.07, 6.45) is 7.71. The van der Waals surface area contributed by atoms with Gasteiger partial charge in [0.25, 0.3) is 0 Å². The van der Waals surface area contributed by atoms with Gasteiger partial charge in [-0.1, -0.05) is 37.8 Å². The van der Waals surface area contributed by atoms with Gasteiger partial charge < -0.3 is 10.1 Å². The second kappa shape index (κ2) is 6.36. The summed E-state index contributed by atoms with van der Waals surface area (Å²) in [4.78, 5) is 0. The van der Waals surface area contributed by atoms with Gasteiger partial charge in [0.05, 0.1) is 6.61 Å². The van der Waals surface area contributed by atoms with Crippen molar-refractivity contribution in [2.45, 2.75) is 58.0 Å². The van der Waals surface area contributed by atoms with Crippen molar-refractivity contribution in [2.75, 3.05) is 6.61 Å². The zero-order valence-corrected chi connectivity index (χ0v) is 13.0. The van der Waals surface area contributed by atoms with Gasteiger partial charge in [-0.05, 0) is 36.5 Å². The maximum Gasteiger partial charge on any atom is 0.127 e. The third kappa shape index (κ3) is 2.96. The molecule has 1 fully saturated rings. The average molecular weight is 294 g/mol. The largest absolute Gasteiger partial charge is 0.493 e. The van der Waals surface area contributed by atoms with E-state index in [1.54, 1.807) is 0 Å². The lowest BCUT2D eigenvalue weighted by Gasteiger charge is -2.32. The van der Waals surface area contributed by atoms with Gasteiger partial charge >= 0.3 is 0 Å². The molecule has 2 aliphatic rings. The van der Waals surface area contributed by atoms with Crippen LogP contribution in [0.3, 0.4) is 0 Å². The minimum absolute atomic E-state index is 0.657. The molecule has 2 atom stereocenters. The second-order valence-electron chi connectivity index (χ2n) is 6.09. The summed E-state index contributed by atoms with van der Waals surface area (Å²) >= 11 is 6.22. The highest BCUT2D eigenvalue weighted by Crippen LogP contribution is 2.33. The summed E-state index contributed by atoms with van der Waals surface area (Å²) in [5, 5.41) is 4.59. The van der Waals surface area contributed by atoms with Crippen LogP contribution in [0.5, 0.6) is 5.75 Å². The number of halogens is 1. The Hall–Kier alpha value is -0.730. The van der Waals surface area contributed by atoms with Crippen LogP contribution in [0.4, 0.5) is 0 Å². The zero-order chi connectivity index (χ0) is 13.9. The van der Waals surface area contributed by atoms with Crippen molar-refractivity contribution in [2.24, 2.45) is 5.92 Å². The molecule has 3 rings (SSSR count). The van der Waals surface area contributed by atoms with Crippen molar-refractivity contribution in [3.05, 3.63) is 28.3 Å². The molecule has 0 bridgehead atoms. The molecule has 3 heteroatoms. The van der Waals surface area contributed by atoms with E-state index in [1.807, 2.05) is 6.07 Å². The van der Waals surface area contributed by atoms with E-state index in [-0.39, 0.29) is 0 Å². The summed E-state index contributed by atoms with van der Waals surface area (Å²) in [5.74, 6) is 1.91. The predicted molar refractivity (Wildman–Crippen MR) is 83.5 cm³/mol. The molecule has 0 saturated heterocycles. The van der Waals surface area contributed by atoms with Crippen LogP contribution in [0.2, 0.25) is 5.02 Å². The minimum atomic E-state index is 0.657. The molecule has 20 heavy (non-hydrogen) atoms. The summed E-state index contributed by atoms with van der Waals surface area (Å²) in [7, 11) is 0. The number of hydrogen-bond donors (Lipinski definition) is 1. The fourth-order valence-corrected chi connectivity index (χ4v) is 3.95. The Labute approximate surface area is 126 Å². The van der Waals surface area contributed by atoms with Gasteiger partial charge in [-0.25, -0.2) is 0 Å². The van der Waals surface area contributed by atoms with Crippen molar-refractivity contribution < 1.29 is 4.74 Å². The Bertz CT molecular complexity index is 474. The lowest BCUT2D eigenvalue weighted by atomic mass is 9.83. The third-order valence-corrected chi connectivity index (χ3v) is 5.03. The highest BCUT2D eigenvalue weighted by atomic mass is 35.5. The Morgan fingerprint density at radius 3 is 3.00 bits per heavy atom. The zero-order valence-electron chi connectivity index (χ0n) is 12.3. The summed E-state index contributed by atoms with van der Waals surface area (Å²) < 4.78 is 5.78. The number of nitrogens with one attached hydrogen (secondary N) is 1. The van der Waals surface area contributed by atoms with Crippen LogP contribution in [0.15, 0.2) is 12.1 Å². The highest BCUT2D eigenvalue weighted by Gasteiger charge is 2.24. The van der Waals surface area contributed by atoms with Crippen LogP contribution in [0.25, 0.3) is 0 Å². The van der Waals surface area contributed by atoms with Gasteiger partial charge in [0.15, 0.2) is 0 Å². The van der Waals surface area contributed by atoms with E-state index >= 15 is 0 Å². The molecule has 1 saturated carbocycles. The van der Waals surface area contributed by atoms with Crippen molar-refractivity contribution in [1.82, 2.24) is 5.32 Å². The number of rotatable bonds is 4. The number of benzene rings is 1. The fraction of sp³-hybridized carbons (Fsp3) is 0.647. The SMILES string of the molecule is CCC1CCCCC1NCc1cc(Cl)cc2c1OCC2. The molecule has 1 aromatic rings. The Morgan fingerprint density at radius 2 is 2.15 bits per heavy atom. The molecular weight excluding hydrogens is 270 g/mol. The fourth-order valence-electron chi connectivity index (χ4n) is 3.68. The van der Waals surface area contributed by atoms with E-state index in [2.05, 4.69) is 18.3 Å². The molecule has 1 aliphatic heterocycles. The standard InChI is InChI=1S/C17H24ClNO/c1-2-12-5-3-4-6-16(12)19-11-14-10-15(18)9-13-7-8-20-17(13)14/h9-10,12,16,19H,2-8,11H2,1H3. The molecule has 1 N–H and O–H groups in total. The van der Waals surface area contributed by atoms with Gasteiger partial charge in [-0.15, -0.1) is 0 Å². The first-order valence-electron chi connectivity index (χ1n) is 7.95. The van der Waals surface area contributed by atoms with Crippen LogP contribution >= 0.6 is 11.6 Å². The molecular formula is C17H24ClNO. The minimum Gasteiger partial charge on any atom is -0.493 e. The summed E-state index contributed by atoms with van der Waals surface area (Å²) in [6, 6.07) is 4.76. The normalized spacial score (nSPS) is 25.3. The molecule has 2 unspecified atom stereocenters. The van der Waals surface area contributed by atoms with Gasteiger partial charge in [-0.3, -0.25) is 0 Å². The Kier molecular flexibility index (Phi) is 4.52. The van der Waals surface area contributed by atoms with E-state index in [0.29, 0.717) is 6.04 Å². The number of hydrogen-bond acceptors (Lipinski definition) is 2. The first-order valence-corrected chi connectivity index (χ1v) is 8.33. The Morgan fingerprint density at radius 1 is 1.30 bits per heavy atom. The molecule has 2 nitrogen and oxygen atoms in total. The van der Waals surface area contributed by atoms with Gasteiger partial charge in [0.2, 0.25) is 0 Å². The first kappa shape index (κ1) is 14.2. The van der Waals surface area contributed by atoms with Crippen LogP contribution in [-0.4, -0.2) is 12.6 Å². The van der Waals surface area contributed by atoms with Crippen LogP contribution in [-0.2, 0) is 13.0 Å². The van der Waals surface area contributed by atoms with Crippen molar-refractivity contribution in [3.8, 4) is 5.75 Å².